The molecule has 12 heteroatoms. The maximum atomic E-state index is 10.1. The van der Waals surface area contributed by atoms with Crippen molar-refractivity contribution in [1.82, 2.24) is 14.3 Å². The van der Waals surface area contributed by atoms with Gasteiger partial charge in [-0.05, 0) is 25.3 Å². The van der Waals surface area contributed by atoms with Crippen LogP contribution in [0.2, 0.25) is 10.0 Å². The molecule has 2 aromatic heterocycles. The molecular weight excluding hydrogens is 559 g/mol. The van der Waals surface area contributed by atoms with E-state index in [9.17, 15) is 5.11 Å². The number of hydrogen-bond donors (Lipinski definition) is 3. The second-order valence-electron chi connectivity index (χ2n) is 9.94. The molecule has 0 aliphatic carbocycles. The highest BCUT2D eigenvalue weighted by molar-refractivity contribution is 7.96. The van der Waals surface area contributed by atoms with Gasteiger partial charge in [0.15, 0.2) is 11.5 Å². The van der Waals surface area contributed by atoms with Crippen molar-refractivity contribution in [2.24, 2.45) is 5.41 Å². The zero-order valence-electron chi connectivity index (χ0n) is 21.9. The minimum absolute atomic E-state index is 0.0744. The standard InChI is InChI=1S/C27H30Cl2N6O3S/c1-15-24(29)19(20(28)8-32-15)10-38-23-5-18(21(30)6-22(23)37-2)25(31)16-4-17(9-36)26(33-7-16)34-11-27(12-34)13-35(14-27)39-3/h4-8,31,36H,9-14,30H2,1-3H3. The maximum Gasteiger partial charge on any atom is 0.162 e. The van der Waals surface area contributed by atoms with Gasteiger partial charge < -0.3 is 25.2 Å². The van der Waals surface area contributed by atoms with Gasteiger partial charge in [-0.25, -0.2) is 9.29 Å². The molecule has 0 radical (unpaired) electrons. The van der Waals surface area contributed by atoms with Crippen molar-refractivity contribution in [2.45, 2.75) is 20.1 Å². The number of benzene rings is 1. The zero-order valence-corrected chi connectivity index (χ0v) is 24.3. The number of aryl methyl sites for hydroxylation is 1. The molecule has 1 aromatic carbocycles. The Kier molecular flexibility index (Phi) is 7.85. The second kappa shape index (κ2) is 11.0. The first kappa shape index (κ1) is 27.8. The van der Waals surface area contributed by atoms with Gasteiger partial charge in [-0.2, -0.15) is 0 Å². The fourth-order valence-corrected chi connectivity index (χ4v) is 6.36. The first-order chi connectivity index (χ1) is 18.7. The Bertz CT molecular complexity index is 1430. The number of nitrogens with one attached hydrogen (secondary N) is 1. The highest BCUT2D eigenvalue weighted by Crippen LogP contribution is 2.44. The molecule has 3 aromatic rings. The van der Waals surface area contributed by atoms with E-state index in [-0.39, 0.29) is 18.9 Å². The average molecular weight is 590 g/mol. The monoisotopic (exact) mass is 588 g/mol. The average Bonchev–Trinajstić information content (AvgIpc) is 2.89. The van der Waals surface area contributed by atoms with Gasteiger partial charge in [0, 0.05) is 78.0 Å². The molecule has 0 unspecified atom stereocenters. The summed E-state index contributed by atoms with van der Waals surface area (Å²) < 4.78 is 13.9. The number of ether oxygens (including phenoxy) is 2. The summed E-state index contributed by atoms with van der Waals surface area (Å²) in [4.78, 5) is 11.0. The van der Waals surface area contributed by atoms with Crippen molar-refractivity contribution in [3.63, 3.8) is 0 Å². The van der Waals surface area contributed by atoms with Crippen LogP contribution in [0.3, 0.4) is 0 Å². The molecule has 4 heterocycles. The Morgan fingerprint density at radius 1 is 1.15 bits per heavy atom. The lowest BCUT2D eigenvalue weighted by Gasteiger charge is -2.60. The summed E-state index contributed by atoms with van der Waals surface area (Å²) in [5.74, 6) is 1.55. The number of aliphatic hydroxyl groups excluding tert-OH is 1. The van der Waals surface area contributed by atoms with Gasteiger partial charge in [-0.1, -0.05) is 35.1 Å². The predicted octanol–water partition coefficient (Wildman–Crippen LogP) is 4.57. The zero-order chi connectivity index (χ0) is 27.9. The van der Waals surface area contributed by atoms with E-state index in [1.165, 1.54) is 13.3 Å². The normalized spacial score (nSPS) is 16.1. The molecule has 0 bridgehead atoms. The number of methoxy groups -OCH3 is 1. The third-order valence-corrected chi connectivity index (χ3v) is 8.86. The molecule has 2 fully saturated rings. The highest BCUT2D eigenvalue weighted by Gasteiger charge is 2.52. The Hall–Kier alpha value is -2.76. The third kappa shape index (κ3) is 5.24. The number of nitrogen functional groups attached to an aromatic ring is 1. The Morgan fingerprint density at radius 2 is 1.90 bits per heavy atom. The first-order valence-corrected chi connectivity index (χ1v) is 14.2. The van der Waals surface area contributed by atoms with Crippen molar-refractivity contribution >= 4 is 52.4 Å². The molecule has 0 saturated carbocycles. The molecule has 2 aliphatic rings. The second-order valence-corrected chi connectivity index (χ2v) is 11.6. The molecule has 5 rings (SSSR count). The molecule has 4 N–H and O–H groups in total. The molecule has 0 amide bonds. The number of nitrogens with zero attached hydrogens (tertiary/aromatic N) is 4. The van der Waals surface area contributed by atoms with Crippen LogP contribution in [0, 0.1) is 17.7 Å². The molecule has 1 spiro atoms. The summed E-state index contributed by atoms with van der Waals surface area (Å²) in [6, 6.07) is 5.07. The van der Waals surface area contributed by atoms with Crippen molar-refractivity contribution in [3.8, 4) is 11.5 Å². The van der Waals surface area contributed by atoms with Crippen molar-refractivity contribution < 1.29 is 14.6 Å². The fraction of sp³-hybridized carbons (Fsp3) is 0.370. The van der Waals surface area contributed by atoms with E-state index in [0.29, 0.717) is 60.6 Å². The minimum atomic E-state index is -0.177. The van der Waals surface area contributed by atoms with Crippen LogP contribution < -0.4 is 20.1 Å². The van der Waals surface area contributed by atoms with E-state index in [1.807, 2.05) is 0 Å². The predicted molar refractivity (Wildman–Crippen MR) is 157 cm³/mol. The summed E-state index contributed by atoms with van der Waals surface area (Å²) >= 11 is 14.5. The van der Waals surface area contributed by atoms with Gasteiger partial charge in [0.2, 0.25) is 0 Å². The maximum absolute atomic E-state index is 10.1. The van der Waals surface area contributed by atoms with Crippen LogP contribution in [0.15, 0.2) is 30.6 Å². The number of halogens is 2. The number of anilines is 2. The van der Waals surface area contributed by atoms with Crippen LogP contribution in [0.1, 0.15) is 27.9 Å². The fourth-order valence-electron chi connectivity index (χ4n) is 5.10. The molecule has 39 heavy (non-hydrogen) atoms. The van der Waals surface area contributed by atoms with E-state index in [0.717, 1.165) is 32.0 Å². The van der Waals surface area contributed by atoms with Crippen molar-refractivity contribution in [1.29, 1.82) is 5.41 Å². The van der Waals surface area contributed by atoms with Crippen molar-refractivity contribution in [3.05, 3.63) is 68.6 Å². The number of aromatic nitrogens is 2. The molecule has 206 valence electrons. The summed E-state index contributed by atoms with van der Waals surface area (Å²) in [6.07, 6.45) is 5.28. The quantitative estimate of drug-likeness (QED) is 0.187. The van der Waals surface area contributed by atoms with Gasteiger partial charge in [-0.15, -0.1) is 0 Å². The summed E-state index contributed by atoms with van der Waals surface area (Å²) in [5, 5.41) is 19.9. The summed E-state index contributed by atoms with van der Waals surface area (Å²) in [5.41, 5.74) is 10.0. The van der Waals surface area contributed by atoms with Gasteiger partial charge in [-0.3, -0.25) is 10.4 Å². The molecule has 0 atom stereocenters. The van der Waals surface area contributed by atoms with E-state index >= 15 is 0 Å². The van der Waals surface area contributed by atoms with E-state index in [2.05, 4.69) is 25.4 Å². The number of aliphatic hydroxyl groups is 1. The van der Waals surface area contributed by atoms with Gasteiger partial charge in [0.25, 0.3) is 0 Å². The van der Waals surface area contributed by atoms with Crippen molar-refractivity contribution in [2.75, 3.05) is 50.2 Å². The largest absolute Gasteiger partial charge is 0.493 e. The van der Waals surface area contributed by atoms with Gasteiger partial charge in [0.05, 0.1) is 35.2 Å². The van der Waals surface area contributed by atoms with Crippen LogP contribution in [0.5, 0.6) is 11.5 Å². The SMILES string of the molecule is COc1cc(N)c(C(=N)c2cnc(N3CC4(CN(SC)C4)C3)c(CO)c2)cc1OCc1c(Cl)cnc(C)c1Cl. The number of rotatable bonds is 9. The lowest BCUT2D eigenvalue weighted by Crippen LogP contribution is -2.71. The van der Waals surface area contributed by atoms with Gasteiger partial charge >= 0.3 is 0 Å². The topological polar surface area (TPSA) is 121 Å². The number of hydrogen-bond acceptors (Lipinski definition) is 10. The van der Waals surface area contributed by atoms with Crippen LogP contribution in [-0.4, -0.2) is 64.6 Å². The summed E-state index contributed by atoms with van der Waals surface area (Å²) in [6.45, 7) is 5.66. The van der Waals surface area contributed by atoms with Gasteiger partial charge in [0.1, 0.15) is 12.4 Å². The molecular formula is C27H30Cl2N6O3S. The minimum Gasteiger partial charge on any atom is -0.493 e. The van der Waals surface area contributed by atoms with E-state index < -0.39 is 0 Å². The summed E-state index contributed by atoms with van der Waals surface area (Å²) in [7, 11) is 1.52. The van der Waals surface area contributed by atoms with E-state index in [4.69, 9.17) is 43.8 Å². The molecule has 9 nitrogen and oxygen atoms in total. The third-order valence-electron chi connectivity index (χ3n) is 7.26. The lowest BCUT2D eigenvalue weighted by molar-refractivity contribution is 0.0471. The van der Waals surface area contributed by atoms with Crippen LogP contribution >= 0.6 is 35.1 Å². The Labute approximate surface area is 241 Å². The number of nitrogens with two attached hydrogens (primary N) is 1. The Balaban J connectivity index is 1.37. The van der Waals surface area contributed by atoms with Crippen LogP contribution in [-0.2, 0) is 13.2 Å². The van der Waals surface area contributed by atoms with Crippen LogP contribution in [0.25, 0.3) is 0 Å². The van der Waals surface area contributed by atoms with Crippen LogP contribution in [0.4, 0.5) is 11.5 Å². The highest BCUT2D eigenvalue weighted by atomic mass is 35.5. The number of pyridine rings is 2. The Morgan fingerprint density at radius 3 is 2.56 bits per heavy atom. The molecule has 2 saturated heterocycles. The first-order valence-electron chi connectivity index (χ1n) is 12.3. The molecule has 2 aliphatic heterocycles. The van der Waals surface area contributed by atoms with E-state index in [1.54, 1.807) is 43.3 Å². The smallest absolute Gasteiger partial charge is 0.162 e. The lowest BCUT2D eigenvalue weighted by atomic mass is 9.74.